The minimum absolute atomic E-state index is 0.118. The molecule has 0 saturated carbocycles. The van der Waals surface area contributed by atoms with Crippen molar-refractivity contribution < 1.29 is 19.0 Å². The van der Waals surface area contributed by atoms with Crippen molar-refractivity contribution in [1.82, 2.24) is 4.98 Å². The highest BCUT2D eigenvalue weighted by Crippen LogP contribution is 2.26. The highest BCUT2D eigenvalue weighted by molar-refractivity contribution is 5.93. The average Bonchev–Trinajstić information content (AvgIpc) is 2.29. The van der Waals surface area contributed by atoms with E-state index in [4.69, 9.17) is 9.84 Å². The van der Waals surface area contributed by atoms with E-state index in [2.05, 4.69) is 4.98 Å². The van der Waals surface area contributed by atoms with Crippen LogP contribution in [0, 0.1) is 5.82 Å². The number of hydrogen-bond donors (Lipinski definition) is 1. The number of ether oxygens (including phenoxy) is 1. The molecule has 1 N–H and O–H groups in total. The van der Waals surface area contributed by atoms with Crippen molar-refractivity contribution in [3.05, 3.63) is 35.8 Å². The molecule has 88 valence electrons. The minimum Gasteiger partial charge on any atom is -0.493 e. The van der Waals surface area contributed by atoms with Crippen LogP contribution in [0.1, 0.15) is 17.4 Å². The fraction of sp³-hybridized carbons (Fsp3) is 0.167. The first-order valence-corrected chi connectivity index (χ1v) is 5.08. The number of benzene rings is 1. The normalized spacial score (nSPS) is 10.5. The van der Waals surface area contributed by atoms with Gasteiger partial charge in [-0.2, -0.15) is 0 Å². The number of carboxylic acids is 1. The molecule has 4 nitrogen and oxygen atoms in total. The predicted octanol–water partition coefficient (Wildman–Crippen LogP) is 2.47. The van der Waals surface area contributed by atoms with Crippen LogP contribution in [-0.2, 0) is 0 Å². The molecule has 0 bridgehead atoms. The van der Waals surface area contributed by atoms with E-state index in [1.807, 2.05) is 0 Å². The molecule has 2 aromatic rings. The van der Waals surface area contributed by atoms with Crippen LogP contribution in [0.15, 0.2) is 24.3 Å². The smallest absolute Gasteiger partial charge is 0.354 e. The number of pyridine rings is 1. The van der Waals surface area contributed by atoms with E-state index in [9.17, 15) is 9.18 Å². The van der Waals surface area contributed by atoms with Crippen LogP contribution < -0.4 is 4.74 Å². The monoisotopic (exact) mass is 235 g/mol. The van der Waals surface area contributed by atoms with Crippen LogP contribution in [0.25, 0.3) is 10.9 Å². The van der Waals surface area contributed by atoms with Crippen LogP contribution in [0.5, 0.6) is 5.75 Å². The SMILES string of the molecule is CCOc1cc(C(=O)O)nc2ccc(F)cc12. The van der Waals surface area contributed by atoms with E-state index < -0.39 is 11.8 Å². The molecule has 0 aliphatic rings. The molecule has 0 amide bonds. The van der Waals surface area contributed by atoms with Crippen molar-refractivity contribution in [2.24, 2.45) is 0 Å². The maximum absolute atomic E-state index is 13.1. The quantitative estimate of drug-likeness (QED) is 0.887. The van der Waals surface area contributed by atoms with Crippen LogP contribution in [0.3, 0.4) is 0 Å². The predicted molar refractivity (Wildman–Crippen MR) is 59.8 cm³/mol. The van der Waals surface area contributed by atoms with Crippen molar-refractivity contribution in [1.29, 1.82) is 0 Å². The van der Waals surface area contributed by atoms with Crippen LogP contribution in [-0.4, -0.2) is 22.7 Å². The lowest BCUT2D eigenvalue weighted by atomic mass is 10.1. The van der Waals surface area contributed by atoms with Gasteiger partial charge in [-0.05, 0) is 25.1 Å². The van der Waals surface area contributed by atoms with E-state index in [1.54, 1.807) is 6.92 Å². The Balaban J connectivity index is 2.71. The largest absolute Gasteiger partial charge is 0.493 e. The van der Waals surface area contributed by atoms with Crippen LogP contribution in [0.4, 0.5) is 4.39 Å². The maximum atomic E-state index is 13.1. The highest BCUT2D eigenvalue weighted by atomic mass is 19.1. The summed E-state index contributed by atoms with van der Waals surface area (Å²) in [7, 11) is 0. The molecular formula is C12H10FNO3. The Kier molecular flexibility index (Phi) is 2.91. The van der Waals surface area contributed by atoms with Crippen LogP contribution in [0.2, 0.25) is 0 Å². The van der Waals surface area contributed by atoms with Gasteiger partial charge in [0.2, 0.25) is 0 Å². The van der Waals surface area contributed by atoms with E-state index >= 15 is 0 Å². The Bertz CT molecular complexity index is 583. The first-order chi connectivity index (χ1) is 8.11. The fourth-order valence-electron chi connectivity index (χ4n) is 1.55. The number of hydrogen-bond acceptors (Lipinski definition) is 3. The van der Waals surface area contributed by atoms with Gasteiger partial charge in [0, 0.05) is 11.5 Å². The third-order valence-electron chi connectivity index (χ3n) is 2.25. The molecule has 0 radical (unpaired) electrons. The topological polar surface area (TPSA) is 59.4 Å². The van der Waals surface area contributed by atoms with Gasteiger partial charge >= 0.3 is 5.97 Å². The Morgan fingerprint density at radius 3 is 2.88 bits per heavy atom. The van der Waals surface area contributed by atoms with E-state index in [-0.39, 0.29) is 5.69 Å². The zero-order chi connectivity index (χ0) is 12.4. The standard InChI is InChI=1S/C12H10FNO3/c1-2-17-11-6-10(12(15)16)14-9-4-3-7(13)5-8(9)11/h3-6H,2H2,1H3,(H,15,16). The van der Waals surface area contributed by atoms with Gasteiger partial charge in [0.15, 0.2) is 5.69 Å². The second kappa shape index (κ2) is 4.37. The number of halogens is 1. The zero-order valence-electron chi connectivity index (χ0n) is 9.11. The summed E-state index contributed by atoms with van der Waals surface area (Å²) in [4.78, 5) is 14.8. The second-order valence-corrected chi connectivity index (χ2v) is 3.41. The lowest BCUT2D eigenvalue weighted by Crippen LogP contribution is -2.03. The Morgan fingerprint density at radius 1 is 1.47 bits per heavy atom. The van der Waals surface area contributed by atoms with Gasteiger partial charge in [0.1, 0.15) is 11.6 Å². The zero-order valence-corrected chi connectivity index (χ0v) is 9.11. The first-order valence-electron chi connectivity index (χ1n) is 5.08. The molecule has 17 heavy (non-hydrogen) atoms. The summed E-state index contributed by atoms with van der Waals surface area (Å²) < 4.78 is 18.4. The summed E-state index contributed by atoms with van der Waals surface area (Å²) in [6.45, 7) is 2.14. The molecule has 1 heterocycles. The molecule has 1 aromatic heterocycles. The number of aromatic nitrogens is 1. The molecule has 0 unspecified atom stereocenters. The Labute approximate surface area is 96.7 Å². The van der Waals surface area contributed by atoms with Gasteiger partial charge < -0.3 is 9.84 Å². The number of carbonyl (C=O) groups is 1. The molecule has 0 aliphatic carbocycles. The number of nitrogens with zero attached hydrogens (tertiary/aromatic N) is 1. The molecule has 0 atom stereocenters. The average molecular weight is 235 g/mol. The first kappa shape index (κ1) is 11.3. The molecule has 0 spiro atoms. The Hall–Kier alpha value is -2.17. The molecular weight excluding hydrogens is 225 g/mol. The van der Waals surface area contributed by atoms with E-state index in [0.717, 1.165) is 0 Å². The maximum Gasteiger partial charge on any atom is 0.354 e. The van der Waals surface area contributed by atoms with Crippen molar-refractivity contribution in [3.63, 3.8) is 0 Å². The summed E-state index contributed by atoms with van der Waals surface area (Å²) >= 11 is 0. The number of aromatic carboxylic acids is 1. The molecule has 0 aliphatic heterocycles. The molecule has 5 heteroatoms. The van der Waals surface area contributed by atoms with Gasteiger partial charge in [0.25, 0.3) is 0 Å². The minimum atomic E-state index is -1.14. The van der Waals surface area contributed by atoms with Gasteiger partial charge in [-0.3, -0.25) is 0 Å². The van der Waals surface area contributed by atoms with Crippen molar-refractivity contribution in [2.45, 2.75) is 6.92 Å². The van der Waals surface area contributed by atoms with Crippen molar-refractivity contribution >= 4 is 16.9 Å². The molecule has 1 aromatic carbocycles. The summed E-state index contributed by atoms with van der Waals surface area (Å²) in [5.74, 6) is -1.23. The third kappa shape index (κ3) is 2.18. The van der Waals surface area contributed by atoms with Crippen molar-refractivity contribution in [2.75, 3.05) is 6.61 Å². The second-order valence-electron chi connectivity index (χ2n) is 3.41. The number of fused-ring (bicyclic) bond motifs is 1. The summed E-state index contributed by atoms with van der Waals surface area (Å²) in [5.41, 5.74) is 0.280. The Morgan fingerprint density at radius 2 is 2.24 bits per heavy atom. The van der Waals surface area contributed by atoms with Crippen LogP contribution >= 0.6 is 0 Å². The summed E-state index contributed by atoms with van der Waals surface area (Å²) in [5, 5.41) is 9.37. The fourth-order valence-corrected chi connectivity index (χ4v) is 1.55. The highest BCUT2D eigenvalue weighted by Gasteiger charge is 2.12. The number of rotatable bonds is 3. The molecule has 0 fully saturated rings. The lowest BCUT2D eigenvalue weighted by molar-refractivity contribution is 0.0690. The third-order valence-corrected chi connectivity index (χ3v) is 2.25. The van der Waals surface area contributed by atoms with Gasteiger partial charge in [-0.1, -0.05) is 0 Å². The van der Waals surface area contributed by atoms with E-state index in [1.165, 1.54) is 24.3 Å². The number of carboxylic acid groups (broad SMARTS) is 1. The van der Waals surface area contributed by atoms with Gasteiger partial charge in [-0.15, -0.1) is 0 Å². The molecule has 2 rings (SSSR count). The van der Waals surface area contributed by atoms with Gasteiger partial charge in [-0.25, -0.2) is 14.2 Å². The summed E-state index contributed by atoms with van der Waals surface area (Å²) in [6, 6.07) is 5.24. The molecule has 0 saturated heterocycles. The lowest BCUT2D eigenvalue weighted by Gasteiger charge is -2.08. The van der Waals surface area contributed by atoms with E-state index in [0.29, 0.717) is 23.3 Å². The summed E-state index contributed by atoms with van der Waals surface area (Å²) in [6.07, 6.45) is 0. The van der Waals surface area contributed by atoms with Gasteiger partial charge in [0.05, 0.1) is 12.1 Å². The van der Waals surface area contributed by atoms with Crippen molar-refractivity contribution in [3.8, 4) is 5.75 Å².